The third-order valence-electron chi connectivity index (χ3n) is 3.69. The van der Waals surface area contributed by atoms with Gasteiger partial charge in [0.05, 0.1) is 5.41 Å². The van der Waals surface area contributed by atoms with Crippen LogP contribution in [0.4, 0.5) is 5.69 Å². The number of nitriles is 3. The second-order valence-electron chi connectivity index (χ2n) is 5.35. The zero-order valence-corrected chi connectivity index (χ0v) is 12.2. The van der Waals surface area contributed by atoms with Crippen molar-refractivity contribution in [1.29, 1.82) is 15.8 Å². The predicted octanol–water partition coefficient (Wildman–Crippen LogP) is 1.83. The first-order valence-electron chi connectivity index (χ1n) is 6.58. The van der Waals surface area contributed by atoms with Crippen LogP contribution in [0.5, 0.6) is 0 Å². The molecule has 6 nitrogen and oxygen atoms in total. The summed E-state index contributed by atoms with van der Waals surface area (Å²) in [5.74, 6) is -0.0667. The summed E-state index contributed by atoms with van der Waals surface area (Å²) in [5.41, 5.74) is 1.23. The van der Waals surface area contributed by atoms with Gasteiger partial charge in [0, 0.05) is 12.2 Å². The number of carbonyl (C=O) groups is 1. The van der Waals surface area contributed by atoms with Gasteiger partial charge in [-0.25, -0.2) is 0 Å². The molecule has 1 heterocycles. The lowest BCUT2D eigenvalue weighted by Gasteiger charge is -2.33. The van der Waals surface area contributed by atoms with Gasteiger partial charge in [-0.05, 0) is 31.0 Å². The Morgan fingerprint density at radius 2 is 1.91 bits per heavy atom. The summed E-state index contributed by atoms with van der Waals surface area (Å²) < 4.78 is 0. The van der Waals surface area contributed by atoms with Gasteiger partial charge in [0.25, 0.3) is 0 Å². The molecule has 0 atom stereocenters. The molecule has 108 valence electrons. The van der Waals surface area contributed by atoms with Crippen LogP contribution in [-0.4, -0.2) is 5.91 Å². The van der Waals surface area contributed by atoms with Crippen LogP contribution >= 0.6 is 0 Å². The molecule has 22 heavy (non-hydrogen) atoms. The summed E-state index contributed by atoms with van der Waals surface area (Å²) in [6.45, 7) is 3.97. The lowest BCUT2D eigenvalue weighted by atomic mass is 9.78. The van der Waals surface area contributed by atoms with Crippen molar-refractivity contribution in [2.75, 3.05) is 5.32 Å². The number of nitrogens with zero attached hydrogens (tertiary/aromatic N) is 3. The first kappa shape index (κ1) is 15.1. The first-order chi connectivity index (χ1) is 10.5. The van der Waals surface area contributed by atoms with Gasteiger partial charge in [-0.3, -0.25) is 4.79 Å². The molecule has 1 aromatic rings. The normalized spacial score (nSPS) is 14.4. The van der Waals surface area contributed by atoms with Crippen molar-refractivity contribution in [3.05, 3.63) is 40.6 Å². The molecular formula is C16H13N5O. The number of allylic oxidation sites excluding steroid dienone is 2. The Balaban J connectivity index is 2.54. The minimum absolute atomic E-state index is 0.0667. The molecule has 0 saturated heterocycles. The molecule has 0 bridgehead atoms. The van der Waals surface area contributed by atoms with Crippen LogP contribution in [0.1, 0.15) is 25.0 Å². The van der Waals surface area contributed by atoms with Gasteiger partial charge in [0.15, 0.2) is 5.57 Å². The Hall–Kier alpha value is -3.30. The summed E-state index contributed by atoms with van der Waals surface area (Å²) in [6, 6.07) is 10.6. The molecule has 1 aromatic carbocycles. The number of amides is 1. The monoisotopic (exact) mass is 291 g/mol. The smallest absolute Gasteiger partial charge is 0.230 e. The van der Waals surface area contributed by atoms with E-state index < -0.39 is 5.41 Å². The Morgan fingerprint density at radius 3 is 2.50 bits per heavy atom. The highest BCUT2D eigenvalue weighted by Gasteiger charge is 2.36. The van der Waals surface area contributed by atoms with E-state index in [4.69, 9.17) is 15.8 Å². The zero-order chi connectivity index (χ0) is 16.3. The van der Waals surface area contributed by atoms with Gasteiger partial charge >= 0.3 is 0 Å². The summed E-state index contributed by atoms with van der Waals surface area (Å²) >= 11 is 0. The Labute approximate surface area is 128 Å². The summed E-state index contributed by atoms with van der Waals surface area (Å²) in [6.07, 6.45) is 0. The number of rotatable bonds is 2. The van der Waals surface area contributed by atoms with Gasteiger partial charge in [-0.2, -0.15) is 15.8 Å². The molecule has 0 aliphatic carbocycles. The third-order valence-corrected chi connectivity index (χ3v) is 3.69. The topological polar surface area (TPSA) is 112 Å². The van der Waals surface area contributed by atoms with Gasteiger partial charge in [-0.1, -0.05) is 12.1 Å². The third kappa shape index (κ3) is 2.37. The Kier molecular flexibility index (Phi) is 3.84. The molecule has 0 unspecified atom stereocenters. The van der Waals surface area contributed by atoms with Crippen LogP contribution in [0.3, 0.4) is 0 Å². The van der Waals surface area contributed by atoms with E-state index in [2.05, 4.69) is 10.6 Å². The molecule has 0 radical (unpaired) electrons. The number of nitrogens with one attached hydrogen (secondary N) is 2. The van der Waals surface area contributed by atoms with E-state index in [-0.39, 0.29) is 17.2 Å². The van der Waals surface area contributed by atoms with Gasteiger partial charge < -0.3 is 10.6 Å². The van der Waals surface area contributed by atoms with E-state index in [0.717, 1.165) is 11.1 Å². The Bertz CT molecular complexity index is 783. The van der Waals surface area contributed by atoms with E-state index in [1.807, 2.05) is 26.0 Å². The van der Waals surface area contributed by atoms with Crippen LogP contribution in [0, 0.1) is 34.0 Å². The molecule has 0 saturated carbocycles. The molecular weight excluding hydrogens is 278 g/mol. The van der Waals surface area contributed by atoms with Crippen molar-refractivity contribution >= 4 is 11.6 Å². The molecule has 2 N–H and O–H groups in total. The molecule has 1 aliphatic heterocycles. The van der Waals surface area contributed by atoms with Crippen LogP contribution in [0.25, 0.3) is 0 Å². The average Bonchev–Trinajstić information content (AvgIpc) is 2.51. The van der Waals surface area contributed by atoms with Crippen LogP contribution in [0.2, 0.25) is 0 Å². The zero-order valence-electron chi connectivity index (χ0n) is 12.2. The van der Waals surface area contributed by atoms with Crippen molar-refractivity contribution < 1.29 is 4.79 Å². The maximum Gasteiger partial charge on any atom is 0.230 e. The minimum Gasteiger partial charge on any atom is -0.351 e. The largest absolute Gasteiger partial charge is 0.351 e. The number of hydrogen-bond acceptors (Lipinski definition) is 5. The highest BCUT2D eigenvalue weighted by molar-refractivity contribution is 5.90. The maximum atomic E-state index is 12.0. The van der Waals surface area contributed by atoms with Crippen molar-refractivity contribution in [3.8, 4) is 18.2 Å². The number of anilines is 1. The number of hydrogen-bond donors (Lipinski definition) is 2. The fourth-order valence-corrected chi connectivity index (χ4v) is 2.41. The molecule has 1 aliphatic rings. The minimum atomic E-state index is -0.685. The van der Waals surface area contributed by atoms with Crippen molar-refractivity contribution in [2.24, 2.45) is 0 Å². The van der Waals surface area contributed by atoms with Crippen LogP contribution in [-0.2, 0) is 16.8 Å². The maximum absolute atomic E-state index is 12.0. The summed E-state index contributed by atoms with van der Waals surface area (Å²) in [5, 5.41) is 32.5. The summed E-state index contributed by atoms with van der Waals surface area (Å²) in [7, 11) is 0. The lowest BCUT2D eigenvalue weighted by Crippen LogP contribution is -2.45. The van der Waals surface area contributed by atoms with Crippen molar-refractivity contribution in [1.82, 2.24) is 5.32 Å². The van der Waals surface area contributed by atoms with Crippen molar-refractivity contribution in [2.45, 2.75) is 25.8 Å². The Morgan fingerprint density at radius 1 is 1.23 bits per heavy atom. The molecule has 0 fully saturated rings. The molecule has 1 amide bonds. The van der Waals surface area contributed by atoms with Gasteiger partial charge in [-0.15, -0.1) is 0 Å². The standard InChI is InChI=1S/C16H13N5O/c1-16(2)12-4-3-5-13(11(12)9-20-15(16)22)21-14(8-19)10(6-17)7-18/h3-5,21H,9H2,1-2H3,(H,20,22). The quantitative estimate of drug-likeness (QED) is 0.807. The van der Waals surface area contributed by atoms with E-state index >= 15 is 0 Å². The number of benzene rings is 1. The van der Waals surface area contributed by atoms with Crippen LogP contribution in [0.15, 0.2) is 29.5 Å². The fraction of sp³-hybridized carbons (Fsp3) is 0.250. The molecule has 0 aromatic heterocycles. The molecule has 6 heteroatoms. The number of carbonyl (C=O) groups excluding carboxylic acids is 1. The SMILES string of the molecule is CC1(C)C(=O)NCc2c(NC(C#N)=C(C#N)C#N)cccc21. The summed E-state index contributed by atoms with van der Waals surface area (Å²) in [4.78, 5) is 12.0. The van der Waals surface area contributed by atoms with E-state index in [1.165, 1.54) is 0 Å². The van der Waals surface area contributed by atoms with Gasteiger partial charge in [0.1, 0.15) is 23.9 Å². The lowest BCUT2D eigenvalue weighted by molar-refractivity contribution is -0.126. The van der Waals surface area contributed by atoms with E-state index in [9.17, 15) is 4.79 Å². The first-order valence-corrected chi connectivity index (χ1v) is 6.58. The number of fused-ring (bicyclic) bond motifs is 1. The second-order valence-corrected chi connectivity index (χ2v) is 5.35. The van der Waals surface area contributed by atoms with Crippen molar-refractivity contribution in [3.63, 3.8) is 0 Å². The van der Waals surface area contributed by atoms with E-state index in [1.54, 1.807) is 24.3 Å². The second kappa shape index (κ2) is 5.60. The van der Waals surface area contributed by atoms with E-state index in [0.29, 0.717) is 12.2 Å². The highest BCUT2D eigenvalue weighted by atomic mass is 16.2. The fourth-order valence-electron chi connectivity index (χ4n) is 2.41. The average molecular weight is 291 g/mol. The van der Waals surface area contributed by atoms with Gasteiger partial charge in [0.2, 0.25) is 5.91 Å². The predicted molar refractivity (Wildman–Crippen MR) is 78.8 cm³/mol. The molecule has 0 spiro atoms. The van der Waals surface area contributed by atoms with Crippen LogP contribution < -0.4 is 10.6 Å². The molecule has 2 rings (SSSR count). The highest BCUT2D eigenvalue weighted by Crippen LogP contribution is 2.34.